The van der Waals surface area contributed by atoms with E-state index in [-0.39, 0.29) is 5.78 Å². The van der Waals surface area contributed by atoms with E-state index in [1.807, 2.05) is 46.5 Å². The number of pyridine rings is 2. The Hall–Kier alpha value is -3.88. The van der Waals surface area contributed by atoms with Crippen LogP contribution in [0.2, 0.25) is 0 Å². The highest BCUT2D eigenvalue weighted by atomic mass is 16.1. The van der Waals surface area contributed by atoms with Crippen LogP contribution < -0.4 is 0 Å². The van der Waals surface area contributed by atoms with E-state index in [9.17, 15) is 4.79 Å². The summed E-state index contributed by atoms with van der Waals surface area (Å²) in [6, 6.07) is 16.5. The summed E-state index contributed by atoms with van der Waals surface area (Å²) in [6.45, 7) is 10.4. The predicted octanol–water partition coefficient (Wildman–Crippen LogP) is 4.60. The standard InChI is InChI=1S/C33H39N7O/c1-4-28-33-26(10-6-12-29(33)40(36-28)23-27-11-5-8-24(2)35-27)21-31(41)30-22-34-32-20-25(13-15-39(30)32)9-7-14-38-18-16-37(3)17-19-38/h5-6,8,10-13,15,20,22H,4,7,9,14,16-19,21,23H2,1-3H3. The number of carbonyl (C=O) groups excluding carboxylic acids is 1. The molecule has 0 spiro atoms. The van der Waals surface area contributed by atoms with E-state index < -0.39 is 0 Å². The van der Waals surface area contributed by atoms with E-state index in [4.69, 9.17) is 5.10 Å². The second kappa shape index (κ2) is 11.9. The van der Waals surface area contributed by atoms with Crippen LogP contribution in [0.4, 0.5) is 0 Å². The van der Waals surface area contributed by atoms with Gasteiger partial charge in [0.25, 0.3) is 0 Å². The van der Waals surface area contributed by atoms with Crippen LogP contribution >= 0.6 is 0 Å². The number of imidazole rings is 1. The second-order valence-corrected chi connectivity index (χ2v) is 11.3. The van der Waals surface area contributed by atoms with Gasteiger partial charge in [-0.05, 0) is 81.2 Å². The van der Waals surface area contributed by atoms with Gasteiger partial charge in [-0.3, -0.25) is 18.9 Å². The molecule has 0 atom stereocenters. The fourth-order valence-corrected chi connectivity index (χ4v) is 5.97. The van der Waals surface area contributed by atoms with Crippen molar-refractivity contribution >= 4 is 22.3 Å². The van der Waals surface area contributed by atoms with E-state index in [0.717, 1.165) is 91.2 Å². The molecule has 0 aliphatic carbocycles. The lowest BCUT2D eigenvalue weighted by molar-refractivity contribution is 0.0987. The van der Waals surface area contributed by atoms with E-state index in [2.05, 4.69) is 58.0 Å². The molecule has 1 aromatic carbocycles. The Bertz CT molecular complexity index is 1680. The lowest BCUT2D eigenvalue weighted by atomic mass is 10.0. The van der Waals surface area contributed by atoms with Gasteiger partial charge in [0.1, 0.15) is 11.3 Å². The molecule has 0 saturated carbocycles. The number of carbonyl (C=O) groups is 1. The fourth-order valence-electron chi connectivity index (χ4n) is 5.97. The van der Waals surface area contributed by atoms with Gasteiger partial charge in [-0.25, -0.2) is 4.98 Å². The molecule has 212 valence electrons. The Balaban J connectivity index is 1.18. The van der Waals surface area contributed by atoms with Gasteiger partial charge in [-0.1, -0.05) is 25.1 Å². The van der Waals surface area contributed by atoms with Gasteiger partial charge in [-0.15, -0.1) is 0 Å². The molecule has 41 heavy (non-hydrogen) atoms. The molecule has 5 heterocycles. The first-order chi connectivity index (χ1) is 20.0. The van der Waals surface area contributed by atoms with Crippen molar-refractivity contribution in [3.8, 4) is 0 Å². The van der Waals surface area contributed by atoms with Crippen molar-refractivity contribution in [2.45, 2.75) is 46.1 Å². The van der Waals surface area contributed by atoms with Gasteiger partial charge in [-0.2, -0.15) is 5.10 Å². The highest BCUT2D eigenvalue weighted by Crippen LogP contribution is 2.26. The van der Waals surface area contributed by atoms with Crippen LogP contribution in [0.3, 0.4) is 0 Å². The molecule has 1 fully saturated rings. The minimum absolute atomic E-state index is 0.0583. The van der Waals surface area contributed by atoms with Gasteiger partial charge in [0.2, 0.25) is 0 Å². The number of likely N-dealkylation sites (N-methyl/N-ethyl adjacent to an activating group) is 1. The Kier molecular flexibility index (Phi) is 7.94. The zero-order valence-electron chi connectivity index (χ0n) is 24.4. The lowest BCUT2D eigenvalue weighted by Crippen LogP contribution is -2.44. The Morgan fingerprint density at radius 1 is 1.02 bits per heavy atom. The number of Topliss-reactive ketones (excluding diaryl/α,β-unsaturated/α-hetero) is 1. The Morgan fingerprint density at radius 2 is 1.85 bits per heavy atom. The summed E-state index contributed by atoms with van der Waals surface area (Å²) in [5, 5.41) is 6.00. The second-order valence-electron chi connectivity index (χ2n) is 11.3. The quantitative estimate of drug-likeness (QED) is 0.237. The first-order valence-corrected chi connectivity index (χ1v) is 14.8. The van der Waals surface area contributed by atoms with E-state index >= 15 is 0 Å². The molecule has 1 aliphatic rings. The third kappa shape index (κ3) is 5.94. The fraction of sp³-hybridized carbons (Fsp3) is 0.394. The first kappa shape index (κ1) is 27.3. The van der Waals surface area contributed by atoms with E-state index in [1.165, 1.54) is 5.56 Å². The van der Waals surface area contributed by atoms with Crippen molar-refractivity contribution < 1.29 is 4.79 Å². The van der Waals surface area contributed by atoms with Gasteiger partial charge in [0, 0.05) is 49.9 Å². The summed E-state index contributed by atoms with van der Waals surface area (Å²) in [6.07, 6.45) is 6.97. The SMILES string of the molecule is CCc1nn(Cc2cccc(C)n2)c2cccc(CC(=O)c3cnc4cc(CCCN5CCN(C)CC5)ccn34)c12. The highest BCUT2D eigenvalue weighted by Gasteiger charge is 2.19. The van der Waals surface area contributed by atoms with Crippen molar-refractivity contribution in [2.24, 2.45) is 0 Å². The van der Waals surface area contributed by atoms with Crippen molar-refractivity contribution in [3.63, 3.8) is 0 Å². The van der Waals surface area contributed by atoms with Crippen LogP contribution in [0, 0.1) is 6.92 Å². The van der Waals surface area contributed by atoms with E-state index in [0.29, 0.717) is 18.7 Å². The summed E-state index contributed by atoms with van der Waals surface area (Å²) < 4.78 is 3.95. The number of ketones is 1. The van der Waals surface area contributed by atoms with Crippen LogP contribution in [0.5, 0.6) is 0 Å². The lowest BCUT2D eigenvalue weighted by Gasteiger charge is -2.32. The molecule has 1 saturated heterocycles. The maximum atomic E-state index is 13.6. The third-order valence-corrected chi connectivity index (χ3v) is 8.28. The number of aryl methyl sites for hydroxylation is 3. The van der Waals surface area contributed by atoms with Gasteiger partial charge in [0.15, 0.2) is 5.78 Å². The highest BCUT2D eigenvalue weighted by molar-refractivity contribution is 5.99. The maximum absolute atomic E-state index is 13.6. The molecular weight excluding hydrogens is 510 g/mol. The van der Waals surface area contributed by atoms with Crippen LogP contribution in [0.1, 0.15) is 52.0 Å². The molecule has 0 bridgehead atoms. The summed E-state index contributed by atoms with van der Waals surface area (Å²) in [7, 11) is 2.19. The molecule has 8 heteroatoms. The van der Waals surface area contributed by atoms with Crippen LogP contribution in [-0.4, -0.2) is 79.5 Å². The third-order valence-electron chi connectivity index (χ3n) is 8.28. The monoisotopic (exact) mass is 549 g/mol. The number of benzene rings is 1. The normalized spacial score (nSPS) is 14.8. The molecule has 0 N–H and O–H groups in total. The van der Waals surface area contributed by atoms with Gasteiger partial charge >= 0.3 is 0 Å². The zero-order chi connectivity index (χ0) is 28.3. The van der Waals surface area contributed by atoms with Crippen molar-refractivity contribution in [2.75, 3.05) is 39.8 Å². The smallest absolute Gasteiger partial charge is 0.185 e. The minimum Gasteiger partial charge on any atom is -0.304 e. The largest absolute Gasteiger partial charge is 0.304 e. The first-order valence-electron chi connectivity index (χ1n) is 14.8. The number of rotatable bonds is 10. The Morgan fingerprint density at radius 3 is 2.66 bits per heavy atom. The maximum Gasteiger partial charge on any atom is 0.185 e. The Labute approximate surface area is 241 Å². The molecule has 6 rings (SSSR count). The molecule has 0 radical (unpaired) electrons. The number of fused-ring (bicyclic) bond motifs is 2. The number of aromatic nitrogens is 5. The van der Waals surface area contributed by atoms with Crippen molar-refractivity contribution in [1.82, 2.24) is 33.9 Å². The number of nitrogens with zero attached hydrogens (tertiary/aromatic N) is 7. The topological polar surface area (TPSA) is 71.6 Å². The van der Waals surface area contributed by atoms with Crippen LogP contribution in [0.25, 0.3) is 16.6 Å². The number of piperazine rings is 1. The zero-order valence-corrected chi connectivity index (χ0v) is 24.4. The van der Waals surface area contributed by atoms with Crippen molar-refractivity contribution in [3.05, 3.63) is 94.8 Å². The molecule has 0 unspecified atom stereocenters. The van der Waals surface area contributed by atoms with Gasteiger partial charge in [0.05, 0.1) is 29.6 Å². The molecule has 1 aliphatic heterocycles. The molecule has 8 nitrogen and oxygen atoms in total. The van der Waals surface area contributed by atoms with Crippen molar-refractivity contribution in [1.29, 1.82) is 0 Å². The van der Waals surface area contributed by atoms with Gasteiger partial charge < -0.3 is 9.80 Å². The predicted molar refractivity (Wildman–Crippen MR) is 163 cm³/mol. The average Bonchev–Trinajstić information content (AvgIpc) is 3.56. The summed E-state index contributed by atoms with van der Waals surface area (Å²) in [5.74, 6) is 0.0583. The molecule has 5 aromatic rings. The van der Waals surface area contributed by atoms with Crippen LogP contribution in [0.15, 0.2) is 60.9 Å². The number of hydrogen-bond acceptors (Lipinski definition) is 6. The average molecular weight is 550 g/mol. The molecule has 4 aromatic heterocycles. The minimum atomic E-state index is 0.0583. The summed E-state index contributed by atoms with van der Waals surface area (Å²) >= 11 is 0. The molecule has 0 amide bonds. The summed E-state index contributed by atoms with van der Waals surface area (Å²) in [4.78, 5) is 27.8. The molecular formula is C33H39N7O. The van der Waals surface area contributed by atoms with E-state index in [1.54, 1.807) is 6.20 Å². The van der Waals surface area contributed by atoms with Crippen LogP contribution in [-0.2, 0) is 25.8 Å². The number of hydrogen-bond donors (Lipinski definition) is 0. The summed E-state index contributed by atoms with van der Waals surface area (Å²) in [5.41, 5.74) is 7.74.